The SMILES string of the molecule is C1=NC2=NC=NC2C([S][Sn]([c]2ccccc2)([c]2ccccc2)[c]2ccccc2)=N1. The summed E-state index contributed by atoms with van der Waals surface area (Å²) < 4.78 is 4.19. The first-order chi connectivity index (χ1) is 14.4. The molecule has 1 atom stereocenters. The first-order valence-electron chi connectivity index (χ1n) is 9.43. The summed E-state index contributed by atoms with van der Waals surface area (Å²) in [6.07, 6.45) is 3.22. The molecule has 2 heterocycles. The molecule has 4 nitrogen and oxygen atoms in total. The van der Waals surface area contributed by atoms with Gasteiger partial charge in [-0.05, 0) is 0 Å². The van der Waals surface area contributed by atoms with Crippen molar-refractivity contribution in [1.29, 1.82) is 0 Å². The Balaban J connectivity index is 1.74. The Kier molecular flexibility index (Phi) is 5.16. The van der Waals surface area contributed by atoms with Crippen molar-refractivity contribution in [3.05, 3.63) is 91.0 Å². The number of hydrogen-bond donors (Lipinski definition) is 0. The molecule has 5 rings (SSSR count). The molecular formula is C23H18N4SSn. The number of aliphatic imine (C=N–C) groups is 4. The maximum atomic E-state index is 4.68. The van der Waals surface area contributed by atoms with E-state index in [1.54, 1.807) is 12.7 Å². The van der Waals surface area contributed by atoms with Crippen molar-refractivity contribution >= 4 is 60.2 Å². The quantitative estimate of drug-likeness (QED) is 0.508. The number of benzene rings is 3. The molecule has 0 bridgehead atoms. The summed E-state index contributed by atoms with van der Waals surface area (Å²) >= 11 is -3.50. The number of amidine groups is 1. The molecule has 0 fully saturated rings. The molecule has 0 aromatic heterocycles. The van der Waals surface area contributed by atoms with E-state index in [0.717, 1.165) is 10.9 Å². The molecule has 1 unspecified atom stereocenters. The number of hydrogen-bond acceptors (Lipinski definition) is 5. The summed E-state index contributed by atoms with van der Waals surface area (Å²) in [7, 11) is 1.92. The van der Waals surface area contributed by atoms with E-state index in [0.29, 0.717) is 0 Å². The molecule has 0 aliphatic carbocycles. The van der Waals surface area contributed by atoms with Crippen LogP contribution in [0.1, 0.15) is 0 Å². The summed E-state index contributed by atoms with van der Waals surface area (Å²) in [5.41, 5.74) is 0. The number of fused-ring (bicyclic) bond motifs is 1. The van der Waals surface area contributed by atoms with E-state index in [4.69, 9.17) is 0 Å². The van der Waals surface area contributed by atoms with Crippen molar-refractivity contribution in [1.82, 2.24) is 0 Å². The van der Waals surface area contributed by atoms with Crippen molar-refractivity contribution in [3.63, 3.8) is 0 Å². The van der Waals surface area contributed by atoms with E-state index in [2.05, 4.69) is 111 Å². The summed E-state index contributed by atoms with van der Waals surface area (Å²) in [6.45, 7) is 0. The van der Waals surface area contributed by atoms with E-state index in [1.165, 1.54) is 10.7 Å². The van der Waals surface area contributed by atoms with Crippen LogP contribution >= 0.6 is 8.95 Å². The zero-order valence-corrected chi connectivity index (χ0v) is 19.3. The van der Waals surface area contributed by atoms with Crippen LogP contribution in [0.3, 0.4) is 0 Å². The Labute approximate surface area is 176 Å². The normalized spacial score (nSPS) is 17.6. The van der Waals surface area contributed by atoms with E-state index in [1.807, 2.05) is 8.95 Å². The molecule has 0 spiro atoms. The van der Waals surface area contributed by atoms with Crippen molar-refractivity contribution in [2.75, 3.05) is 0 Å². The van der Waals surface area contributed by atoms with Crippen molar-refractivity contribution in [2.24, 2.45) is 20.0 Å². The van der Waals surface area contributed by atoms with Crippen LogP contribution < -0.4 is 10.7 Å². The van der Waals surface area contributed by atoms with E-state index in [-0.39, 0.29) is 6.04 Å². The summed E-state index contributed by atoms with van der Waals surface area (Å²) in [5, 5.41) is 0.986. The molecule has 3 aromatic rings. The molecule has 140 valence electrons. The molecule has 2 aliphatic rings. The van der Waals surface area contributed by atoms with Crippen LogP contribution in [-0.2, 0) is 0 Å². The van der Waals surface area contributed by atoms with E-state index in [9.17, 15) is 0 Å². The predicted octanol–water partition coefficient (Wildman–Crippen LogP) is 2.64. The van der Waals surface area contributed by atoms with Gasteiger partial charge in [0, 0.05) is 0 Å². The second-order valence-corrected chi connectivity index (χ2v) is 22.1. The van der Waals surface area contributed by atoms with Crippen LogP contribution in [-0.4, -0.2) is 46.6 Å². The molecule has 0 saturated carbocycles. The second-order valence-electron chi connectivity index (χ2n) is 6.75. The number of nitrogens with zero attached hydrogens (tertiary/aromatic N) is 4. The molecular weight excluding hydrogens is 483 g/mol. The molecule has 0 N–H and O–H groups in total. The minimum absolute atomic E-state index is 0.183. The summed E-state index contributed by atoms with van der Waals surface area (Å²) in [6, 6.07) is 32.5. The topological polar surface area (TPSA) is 49.4 Å². The van der Waals surface area contributed by atoms with Gasteiger partial charge in [0.05, 0.1) is 0 Å². The molecule has 6 heteroatoms. The van der Waals surface area contributed by atoms with Crippen molar-refractivity contribution in [2.45, 2.75) is 6.04 Å². The van der Waals surface area contributed by atoms with Crippen LogP contribution in [0.15, 0.2) is 111 Å². The van der Waals surface area contributed by atoms with Crippen LogP contribution in [0.2, 0.25) is 0 Å². The molecule has 0 radical (unpaired) electrons. The maximum absolute atomic E-state index is 4.68. The van der Waals surface area contributed by atoms with Crippen molar-refractivity contribution < 1.29 is 0 Å². The fourth-order valence-corrected chi connectivity index (χ4v) is 23.1. The zero-order chi connectivity index (χ0) is 19.5. The average Bonchev–Trinajstić information content (AvgIpc) is 3.29. The summed E-state index contributed by atoms with van der Waals surface area (Å²) in [4.78, 5) is 17.8. The molecule has 29 heavy (non-hydrogen) atoms. The third-order valence-electron chi connectivity index (χ3n) is 5.06. The van der Waals surface area contributed by atoms with Gasteiger partial charge < -0.3 is 0 Å². The fourth-order valence-electron chi connectivity index (χ4n) is 3.72. The molecule has 3 aromatic carbocycles. The standard InChI is InChI=1S/3C6H5.C5H4N4S.Sn/c3*1-2-4-6-5-3-1;10-5-3-4(7-1-6-3)8-2-9-5;/h3*1-5H;1-3H,(H,6,7,8,9,10);/q;;;;+1/p-1. The monoisotopic (exact) mass is 502 g/mol. The van der Waals surface area contributed by atoms with Crippen molar-refractivity contribution in [3.8, 4) is 0 Å². The van der Waals surface area contributed by atoms with Crippen LogP contribution in [0.5, 0.6) is 0 Å². The molecule has 0 saturated heterocycles. The minimum atomic E-state index is -3.50. The molecule has 0 amide bonds. The van der Waals surface area contributed by atoms with Gasteiger partial charge in [0.15, 0.2) is 0 Å². The first-order valence-corrected chi connectivity index (χ1v) is 18.0. The van der Waals surface area contributed by atoms with Gasteiger partial charge in [-0.3, -0.25) is 0 Å². The Morgan fingerprint density at radius 3 is 1.66 bits per heavy atom. The van der Waals surface area contributed by atoms with Gasteiger partial charge in [-0.15, -0.1) is 0 Å². The second kappa shape index (κ2) is 8.08. The third kappa shape index (κ3) is 3.38. The van der Waals surface area contributed by atoms with Gasteiger partial charge in [-0.2, -0.15) is 0 Å². The third-order valence-corrected chi connectivity index (χ3v) is 24.9. The fraction of sp³-hybridized carbons (Fsp3) is 0.0435. The Morgan fingerprint density at radius 2 is 1.14 bits per heavy atom. The Hall–Kier alpha value is -2.51. The van der Waals surface area contributed by atoms with E-state index < -0.39 is 17.0 Å². The van der Waals surface area contributed by atoms with Gasteiger partial charge in [-0.25, -0.2) is 0 Å². The van der Waals surface area contributed by atoms with Gasteiger partial charge in [0.25, 0.3) is 0 Å². The zero-order valence-electron chi connectivity index (χ0n) is 15.6. The van der Waals surface area contributed by atoms with Crippen LogP contribution in [0, 0.1) is 0 Å². The average molecular weight is 501 g/mol. The van der Waals surface area contributed by atoms with E-state index >= 15 is 0 Å². The van der Waals surface area contributed by atoms with Crippen LogP contribution in [0.4, 0.5) is 0 Å². The van der Waals surface area contributed by atoms with Crippen LogP contribution in [0.25, 0.3) is 0 Å². The predicted molar refractivity (Wildman–Crippen MR) is 127 cm³/mol. The first kappa shape index (κ1) is 18.5. The van der Waals surface area contributed by atoms with Gasteiger partial charge in [0.2, 0.25) is 0 Å². The van der Waals surface area contributed by atoms with Gasteiger partial charge in [-0.1, -0.05) is 0 Å². The molecule has 2 aliphatic heterocycles. The Bertz CT molecular complexity index is 1030. The van der Waals surface area contributed by atoms with Gasteiger partial charge in [0.1, 0.15) is 0 Å². The summed E-state index contributed by atoms with van der Waals surface area (Å²) in [5.74, 6) is 0.733. The van der Waals surface area contributed by atoms with Gasteiger partial charge >= 0.3 is 177 Å². The Morgan fingerprint density at radius 1 is 0.621 bits per heavy atom. The number of rotatable bonds is 4.